The van der Waals surface area contributed by atoms with Crippen molar-refractivity contribution in [2.24, 2.45) is 0 Å². The topological polar surface area (TPSA) is 29.6 Å². The van der Waals surface area contributed by atoms with Crippen molar-refractivity contribution in [1.29, 1.82) is 0 Å². The molecule has 0 spiro atoms. The van der Waals surface area contributed by atoms with Crippen molar-refractivity contribution in [3.05, 3.63) is 485 Å². The van der Waals surface area contributed by atoms with Crippen LogP contribution in [0.5, 0.6) is 0 Å². The average Bonchev–Trinajstić information content (AvgIpc) is 1.57. The zero-order chi connectivity index (χ0) is 88.0. The van der Waals surface area contributed by atoms with Gasteiger partial charge in [-0.3, -0.25) is 0 Å². The van der Waals surface area contributed by atoms with Crippen LogP contribution in [0.2, 0.25) is 0 Å². The summed E-state index contributed by atoms with van der Waals surface area (Å²) in [6, 6.07) is 176. The summed E-state index contributed by atoms with van der Waals surface area (Å²) >= 11 is 3.81. The minimum Gasteiger partial charge on any atom is -0.309 e. The Morgan fingerprint density at radius 3 is 0.784 bits per heavy atom. The molecule has 8 heteroatoms. The van der Waals surface area contributed by atoms with Crippen LogP contribution < -0.4 is 0 Å². The van der Waals surface area contributed by atoms with Gasteiger partial charge < -0.3 is 27.4 Å². The first-order chi connectivity index (χ1) is 66.6. The second kappa shape index (κ2) is 31.3. The molecule has 0 saturated heterocycles. The van der Waals surface area contributed by atoms with Gasteiger partial charge in [-0.15, -0.1) is 22.7 Å². The SMILES string of the molecule is c1ccc(-c2ccc(-n3c4ccccc4c4cc5c(cc43)c3ccccc3n5-c3ccccc3)cc2)cc1.c1ccc(-c2cccc3c2sc2c(-c4cccc(-n5c6ccccc6c6c7c8ccccc8n(-c8ccccc8)c7ccc65)c4)cccc23)cc1.c1ccc(-c2cccc3c2sc2c(-n4c5ccccc5c5c6c7ccccc7n(-c7ccccc7)c6ccc54)cccc23)cc1. The van der Waals surface area contributed by atoms with Crippen molar-refractivity contribution in [2.45, 2.75) is 0 Å². The van der Waals surface area contributed by atoms with Gasteiger partial charge in [0, 0.05) is 129 Å². The molecule has 0 fully saturated rings. The second-order valence-electron chi connectivity index (χ2n) is 34.8. The summed E-state index contributed by atoms with van der Waals surface area (Å²) < 4.78 is 19.9. The van der Waals surface area contributed by atoms with Gasteiger partial charge in [-0.05, 0) is 184 Å². The van der Waals surface area contributed by atoms with Crippen LogP contribution in [0.15, 0.2) is 485 Å². The third-order valence-corrected chi connectivity index (χ3v) is 30.1. The van der Waals surface area contributed by atoms with Gasteiger partial charge in [0.15, 0.2) is 0 Å². The van der Waals surface area contributed by atoms with Crippen LogP contribution in [0.4, 0.5) is 0 Å². The van der Waals surface area contributed by atoms with Crippen LogP contribution in [0.1, 0.15) is 0 Å². The Hall–Kier alpha value is -17.1. The fourth-order valence-corrected chi connectivity index (χ4v) is 24.5. The van der Waals surface area contributed by atoms with Gasteiger partial charge in [0.25, 0.3) is 0 Å². The monoisotopic (exact) mass is 1740 g/mol. The molecule has 6 nitrogen and oxygen atoms in total. The highest BCUT2D eigenvalue weighted by Gasteiger charge is 2.27. The number of hydrogen-bond acceptors (Lipinski definition) is 2. The van der Waals surface area contributed by atoms with E-state index in [0.717, 1.165) is 5.69 Å². The Morgan fingerprint density at radius 1 is 0.127 bits per heavy atom. The molecule has 29 rings (SSSR count). The Bertz CT molecular complexity index is 9730. The van der Waals surface area contributed by atoms with Crippen LogP contribution in [0, 0.1) is 0 Å². The molecule has 0 aliphatic rings. The first-order valence-corrected chi connectivity index (χ1v) is 47.5. The first-order valence-electron chi connectivity index (χ1n) is 45.9. The van der Waals surface area contributed by atoms with Crippen molar-refractivity contribution in [3.63, 3.8) is 0 Å². The maximum absolute atomic E-state index is 2.50. The number of para-hydroxylation sites is 9. The highest BCUT2D eigenvalue weighted by molar-refractivity contribution is 7.27. The number of hydrogen-bond donors (Lipinski definition) is 0. The second-order valence-corrected chi connectivity index (χ2v) is 36.9. The Balaban J connectivity index is 0.000000103. The maximum Gasteiger partial charge on any atom is 0.0640 e. The van der Waals surface area contributed by atoms with Crippen LogP contribution in [0.3, 0.4) is 0 Å². The molecule has 0 N–H and O–H groups in total. The molecule has 0 aliphatic heterocycles. The van der Waals surface area contributed by atoms with Gasteiger partial charge in [-0.2, -0.15) is 0 Å². The van der Waals surface area contributed by atoms with E-state index < -0.39 is 0 Å². The molecule has 0 saturated carbocycles. The number of fused-ring (bicyclic) bond motifs is 26. The molecule has 8 aromatic heterocycles. The fraction of sp³-hybridized carbons (Fsp3) is 0. The Kier molecular flexibility index (Phi) is 18.0. The molecular weight excluding hydrogens is 1660 g/mol. The number of benzene rings is 21. The van der Waals surface area contributed by atoms with Crippen molar-refractivity contribution in [1.82, 2.24) is 27.4 Å². The predicted octanol–water partition coefficient (Wildman–Crippen LogP) is 35.0. The Labute approximate surface area is 779 Å². The number of rotatable bonds is 10. The molecule has 29 aromatic rings. The minimum atomic E-state index is 1.16. The summed E-state index contributed by atoms with van der Waals surface area (Å²) in [5.74, 6) is 0. The lowest BCUT2D eigenvalue weighted by molar-refractivity contribution is 1.17. The molecule has 0 radical (unpaired) electrons. The lowest BCUT2D eigenvalue weighted by atomic mass is 10.00. The van der Waals surface area contributed by atoms with E-state index >= 15 is 0 Å². The summed E-state index contributed by atoms with van der Waals surface area (Å²) in [6.45, 7) is 0. The van der Waals surface area contributed by atoms with E-state index in [1.807, 2.05) is 22.7 Å². The first kappa shape index (κ1) is 76.9. The zero-order valence-corrected chi connectivity index (χ0v) is 74.3. The molecule has 0 amide bonds. The summed E-state index contributed by atoms with van der Waals surface area (Å²) in [7, 11) is 0. The molecule has 0 bridgehead atoms. The van der Waals surface area contributed by atoms with E-state index in [2.05, 4.69) is 513 Å². The quantitative estimate of drug-likeness (QED) is 0.131. The van der Waals surface area contributed by atoms with Crippen molar-refractivity contribution in [3.8, 4) is 78.6 Å². The summed E-state index contributed by atoms with van der Waals surface area (Å²) in [6.07, 6.45) is 0. The molecule has 0 aliphatic carbocycles. The zero-order valence-electron chi connectivity index (χ0n) is 72.7. The standard InChI is InChI=1S/C48H30N2S.C42H26N2S.C36H24N2/c1-3-14-31(15-4-1)35-22-12-24-37-38-25-13-23-36(48(38)51-47(35)37)32-16-11-19-34(30-32)50-42-27-10-8-21-40(42)46-44(50)29-28-43-45(46)39-20-7-9-26-41(39)49(43)33-17-5-2-6-18-33;1-3-13-27(14-4-1)29-19-11-20-30-31-21-12-24-38(42(31)45-41(29)30)44-35-23-10-8-18-33(35)40-37(44)26-25-36-39(40)32-17-7-9-22-34(32)43(36)28-15-5-2-6-16-28;1-3-11-25(12-4-1)26-19-21-28(22-20-26)38-34-18-10-8-16-30(34)32-23-35-31(24-36(32)38)29-15-7-9-17-33(29)37(35)27-13-5-2-6-14-27/h1-30H;1-26H;1-24H. The van der Waals surface area contributed by atoms with Crippen LogP contribution in [-0.4, -0.2) is 27.4 Å². The molecule has 21 aromatic carbocycles. The van der Waals surface area contributed by atoms with Gasteiger partial charge in [0.2, 0.25) is 0 Å². The lowest BCUT2D eigenvalue weighted by Gasteiger charge is -2.11. The average molecular weight is 1740 g/mol. The van der Waals surface area contributed by atoms with Crippen molar-refractivity contribution >= 4 is 194 Å². The minimum absolute atomic E-state index is 1.16. The van der Waals surface area contributed by atoms with Crippen LogP contribution >= 0.6 is 22.7 Å². The van der Waals surface area contributed by atoms with Crippen LogP contribution in [0.25, 0.3) is 250 Å². The van der Waals surface area contributed by atoms with Crippen molar-refractivity contribution < 1.29 is 0 Å². The number of nitrogens with zero attached hydrogens (tertiary/aromatic N) is 6. The molecule has 8 heterocycles. The highest BCUT2D eigenvalue weighted by atomic mass is 32.1. The summed E-state index contributed by atoms with van der Waals surface area (Å²) in [5.41, 5.74) is 31.8. The predicted molar refractivity (Wildman–Crippen MR) is 573 cm³/mol. The lowest BCUT2D eigenvalue weighted by Crippen LogP contribution is -1.95. The van der Waals surface area contributed by atoms with E-state index in [4.69, 9.17) is 0 Å². The normalized spacial score (nSPS) is 11.9. The summed E-state index contributed by atoms with van der Waals surface area (Å²) in [4.78, 5) is 0. The van der Waals surface area contributed by atoms with E-state index in [1.54, 1.807) is 0 Å². The molecule has 134 heavy (non-hydrogen) atoms. The molecule has 626 valence electrons. The van der Waals surface area contributed by atoms with Gasteiger partial charge in [0.05, 0.1) is 76.6 Å². The van der Waals surface area contributed by atoms with Gasteiger partial charge in [-0.1, -0.05) is 346 Å². The third-order valence-electron chi connectivity index (χ3n) is 27.5. The maximum atomic E-state index is 2.50. The molecular formula is C126H80N6S2. The number of thiophene rings is 2. The van der Waals surface area contributed by atoms with Crippen LogP contribution in [-0.2, 0) is 0 Å². The van der Waals surface area contributed by atoms with E-state index in [0.29, 0.717) is 0 Å². The highest BCUT2D eigenvalue weighted by Crippen LogP contribution is 2.51. The molecule has 0 atom stereocenters. The van der Waals surface area contributed by atoms with Gasteiger partial charge in [0.1, 0.15) is 0 Å². The van der Waals surface area contributed by atoms with E-state index in [9.17, 15) is 0 Å². The largest absolute Gasteiger partial charge is 0.309 e. The smallest absolute Gasteiger partial charge is 0.0640 e. The van der Waals surface area contributed by atoms with Gasteiger partial charge in [-0.25, -0.2) is 0 Å². The van der Waals surface area contributed by atoms with Crippen molar-refractivity contribution in [2.75, 3.05) is 0 Å². The Morgan fingerprint density at radius 2 is 0.381 bits per heavy atom. The van der Waals surface area contributed by atoms with E-state index in [1.165, 1.54) is 244 Å². The number of aromatic nitrogens is 6. The van der Waals surface area contributed by atoms with Gasteiger partial charge >= 0.3 is 0 Å². The molecule has 0 unspecified atom stereocenters. The summed E-state index contributed by atoms with van der Waals surface area (Å²) in [5, 5.41) is 20.6. The van der Waals surface area contributed by atoms with E-state index in [-0.39, 0.29) is 0 Å². The third kappa shape index (κ3) is 12.1. The fourth-order valence-electron chi connectivity index (χ4n) is 21.8.